The van der Waals surface area contributed by atoms with Crippen molar-refractivity contribution in [2.75, 3.05) is 19.0 Å². The van der Waals surface area contributed by atoms with E-state index in [4.69, 9.17) is 4.74 Å². The summed E-state index contributed by atoms with van der Waals surface area (Å²) < 4.78 is 5.62. The predicted molar refractivity (Wildman–Crippen MR) is 124 cm³/mol. The highest BCUT2D eigenvalue weighted by Gasteiger charge is 2.36. The van der Waals surface area contributed by atoms with Crippen LogP contribution in [0.4, 0.5) is 10.5 Å². The standard InChI is InChI=1S/C22H21BrN2O5S/c1-11-5-12(2)20(13(3)6-11)24-19(27)10-25-21(28)18(31-22(25)29)8-14-7-17(30-4)16(26)9-15(14)23/h5-9,26H,10H2,1-4H3,(H,24,27)/b18-8-. The molecule has 2 N–H and O–H groups in total. The normalized spacial score (nSPS) is 15.0. The van der Waals surface area contributed by atoms with Crippen molar-refractivity contribution in [3.05, 3.63) is 55.9 Å². The number of phenolic OH excluding ortho intramolecular Hbond substituents is 1. The largest absolute Gasteiger partial charge is 0.504 e. The van der Waals surface area contributed by atoms with Crippen LogP contribution in [-0.4, -0.2) is 40.7 Å². The number of nitrogens with zero attached hydrogens (tertiary/aromatic N) is 1. The highest BCUT2D eigenvalue weighted by atomic mass is 79.9. The minimum Gasteiger partial charge on any atom is -0.504 e. The number of anilines is 1. The number of methoxy groups -OCH3 is 1. The molecular weight excluding hydrogens is 484 g/mol. The maximum Gasteiger partial charge on any atom is 0.294 e. The van der Waals surface area contributed by atoms with E-state index in [9.17, 15) is 19.5 Å². The third kappa shape index (κ3) is 4.94. The summed E-state index contributed by atoms with van der Waals surface area (Å²) in [6.07, 6.45) is 1.52. The summed E-state index contributed by atoms with van der Waals surface area (Å²) in [5, 5.41) is 12.1. The smallest absolute Gasteiger partial charge is 0.294 e. The van der Waals surface area contributed by atoms with Gasteiger partial charge in [-0.1, -0.05) is 33.6 Å². The lowest BCUT2D eigenvalue weighted by atomic mass is 10.1. The lowest BCUT2D eigenvalue weighted by Crippen LogP contribution is -2.36. The van der Waals surface area contributed by atoms with Crippen LogP contribution in [0.5, 0.6) is 11.5 Å². The van der Waals surface area contributed by atoms with Crippen molar-refractivity contribution < 1.29 is 24.2 Å². The Morgan fingerprint density at radius 2 is 1.84 bits per heavy atom. The Balaban J connectivity index is 1.78. The van der Waals surface area contributed by atoms with Gasteiger partial charge in [-0.05, 0) is 67.4 Å². The molecule has 3 rings (SSSR count). The second-order valence-electron chi connectivity index (χ2n) is 7.14. The van der Waals surface area contributed by atoms with Crippen molar-refractivity contribution in [1.29, 1.82) is 0 Å². The van der Waals surface area contributed by atoms with Crippen molar-refractivity contribution in [1.82, 2.24) is 4.90 Å². The molecule has 1 fully saturated rings. The minimum absolute atomic E-state index is 0.0574. The number of halogens is 1. The molecule has 2 aromatic rings. The van der Waals surface area contributed by atoms with Gasteiger partial charge in [-0.15, -0.1) is 0 Å². The summed E-state index contributed by atoms with van der Waals surface area (Å²) in [6, 6.07) is 6.89. The molecule has 1 saturated heterocycles. The van der Waals surface area contributed by atoms with Crippen molar-refractivity contribution >= 4 is 56.5 Å². The molecule has 0 aromatic heterocycles. The Hall–Kier alpha value is -2.78. The van der Waals surface area contributed by atoms with E-state index in [0.29, 0.717) is 15.7 Å². The van der Waals surface area contributed by atoms with Crippen molar-refractivity contribution in [2.24, 2.45) is 0 Å². The number of hydrogen-bond acceptors (Lipinski definition) is 6. The van der Waals surface area contributed by atoms with E-state index in [0.717, 1.165) is 33.4 Å². The molecule has 2 aromatic carbocycles. The zero-order valence-electron chi connectivity index (χ0n) is 17.4. The number of rotatable bonds is 5. The monoisotopic (exact) mass is 504 g/mol. The number of carbonyl (C=O) groups excluding carboxylic acids is 3. The van der Waals surface area contributed by atoms with Crippen LogP contribution in [0.3, 0.4) is 0 Å². The molecule has 0 saturated carbocycles. The fraction of sp³-hybridized carbons (Fsp3) is 0.227. The molecule has 9 heteroatoms. The number of benzene rings is 2. The number of carbonyl (C=O) groups is 3. The first-order valence-corrected chi connectivity index (χ1v) is 10.9. The molecule has 1 heterocycles. The van der Waals surface area contributed by atoms with Gasteiger partial charge in [0, 0.05) is 10.2 Å². The maximum atomic E-state index is 12.8. The third-order valence-corrected chi connectivity index (χ3v) is 6.30. The van der Waals surface area contributed by atoms with Crippen LogP contribution in [0.1, 0.15) is 22.3 Å². The molecule has 0 spiro atoms. The first-order valence-electron chi connectivity index (χ1n) is 9.30. The summed E-state index contributed by atoms with van der Waals surface area (Å²) in [7, 11) is 1.41. The summed E-state index contributed by atoms with van der Waals surface area (Å²) in [5.41, 5.74) is 4.13. The van der Waals surface area contributed by atoms with Gasteiger partial charge < -0.3 is 15.2 Å². The summed E-state index contributed by atoms with van der Waals surface area (Å²) in [4.78, 5) is 38.8. The number of ether oxygens (including phenoxy) is 1. The van der Waals surface area contributed by atoms with E-state index >= 15 is 0 Å². The topological polar surface area (TPSA) is 95.9 Å². The van der Waals surface area contributed by atoms with Gasteiger partial charge in [-0.25, -0.2) is 0 Å². The number of aryl methyl sites for hydroxylation is 3. The van der Waals surface area contributed by atoms with Gasteiger partial charge in [0.1, 0.15) is 6.54 Å². The summed E-state index contributed by atoms with van der Waals surface area (Å²) in [5.74, 6) is -0.831. The molecule has 1 aliphatic heterocycles. The quantitative estimate of drug-likeness (QED) is 0.569. The lowest BCUT2D eigenvalue weighted by molar-refractivity contribution is -0.127. The zero-order valence-corrected chi connectivity index (χ0v) is 19.8. The van der Waals surface area contributed by atoms with Gasteiger partial charge in [0.05, 0.1) is 12.0 Å². The van der Waals surface area contributed by atoms with Crippen molar-refractivity contribution in [3.63, 3.8) is 0 Å². The second kappa shape index (κ2) is 9.15. The minimum atomic E-state index is -0.554. The van der Waals surface area contributed by atoms with Crippen molar-refractivity contribution in [2.45, 2.75) is 20.8 Å². The molecule has 162 valence electrons. The second-order valence-corrected chi connectivity index (χ2v) is 8.98. The van der Waals surface area contributed by atoms with Crippen LogP contribution in [-0.2, 0) is 9.59 Å². The first-order chi connectivity index (χ1) is 14.6. The number of amides is 3. The van der Waals surface area contributed by atoms with Gasteiger partial charge in [-0.3, -0.25) is 19.3 Å². The maximum absolute atomic E-state index is 12.8. The number of nitrogens with one attached hydrogen (secondary N) is 1. The van der Waals surface area contributed by atoms with Gasteiger partial charge in [0.15, 0.2) is 11.5 Å². The Kier molecular flexibility index (Phi) is 6.76. The molecule has 0 atom stereocenters. The van der Waals surface area contributed by atoms with Crippen LogP contribution in [0.2, 0.25) is 0 Å². The van der Waals surface area contributed by atoms with E-state index in [1.54, 1.807) is 6.07 Å². The fourth-order valence-corrected chi connectivity index (χ4v) is 4.58. The molecule has 3 amide bonds. The molecule has 0 radical (unpaired) electrons. The molecule has 0 bridgehead atoms. The molecule has 1 aliphatic rings. The Labute approximate surface area is 192 Å². The van der Waals surface area contributed by atoms with Gasteiger partial charge in [0.25, 0.3) is 11.1 Å². The Morgan fingerprint density at radius 3 is 2.45 bits per heavy atom. The average Bonchev–Trinajstić information content (AvgIpc) is 2.94. The predicted octanol–water partition coefficient (Wildman–Crippen LogP) is 4.76. The number of imide groups is 1. The molecule has 0 aliphatic carbocycles. The average molecular weight is 505 g/mol. The highest BCUT2D eigenvalue weighted by Crippen LogP contribution is 2.37. The highest BCUT2D eigenvalue weighted by molar-refractivity contribution is 9.10. The van der Waals surface area contributed by atoms with Gasteiger partial charge in [0.2, 0.25) is 5.91 Å². The SMILES string of the molecule is COc1cc(/C=C2\SC(=O)N(CC(=O)Nc3c(C)cc(C)cc3C)C2=O)c(Br)cc1O. The summed E-state index contributed by atoms with van der Waals surface area (Å²) >= 11 is 4.07. The first kappa shape index (κ1) is 22.9. The van der Waals surface area contributed by atoms with Crippen LogP contribution in [0.15, 0.2) is 33.6 Å². The molecule has 31 heavy (non-hydrogen) atoms. The van der Waals surface area contributed by atoms with Gasteiger partial charge in [-0.2, -0.15) is 0 Å². The van der Waals surface area contributed by atoms with Crippen molar-refractivity contribution in [3.8, 4) is 11.5 Å². The lowest BCUT2D eigenvalue weighted by Gasteiger charge is -2.16. The summed E-state index contributed by atoms with van der Waals surface area (Å²) in [6.45, 7) is 5.37. The van der Waals surface area contributed by atoms with E-state index in [2.05, 4.69) is 21.2 Å². The van der Waals surface area contributed by atoms with Gasteiger partial charge >= 0.3 is 0 Å². The molecule has 7 nitrogen and oxygen atoms in total. The number of hydrogen-bond donors (Lipinski definition) is 2. The van der Waals surface area contributed by atoms with E-state index in [1.807, 2.05) is 32.9 Å². The van der Waals surface area contributed by atoms with E-state index in [1.165, 1.54) is 19.3 Å². The van der Waals surface area contributed by atoms with Crippen LogP contribution < -0.4 is 10.1 Å². The Bertz CT molecular complexity index is 1110. The molecular formula is C22H21BrN2O5S. The third-order valence-electron chi connectivity index (χ3n) is 4.70. The van der Waals surface area contributed by atoms with Crippen LogP contribution in [0.25, 0.3) is 6.08 Å². The number of aromatic hydroxyl groups is 1. The Morgan fingerprint density at radius 1 is 1.19 bits per heavy atom. The molecule has 0 unspecified atom stereocenters. The van der Waals surface area contributed by atoms with E-state index in [-0.39, 0.29) is 22.9 Å². The number of phenols is 1. The fourth-order valence-electron chi connectivity index (χ4n) is 3.31. The van der Waals surface area contributed by atoms with E-state index < -0.39 is 17.1 Å². The van der Waals surface area contributed by atoms with Crippen LogP contribution >= 0.6 is 27.7 Å². The van der Waals surface area contributed by atoms with Crippen LogP contribution in [0, 0.1) is 20.8 Å². The zero-order chi connectivity index (χ0) is 22.9. The number of thioether (sulfide) groups is 1.